The van der Waals surface area contributed by atoms with Crippen molar-refractivity contribution in [3.05, 3.63) is 77.9 Å². The third-order valence-electron chi connectivity index (χ3n) is 4.14. The first kappa shape index (κ1) is 16.8. The third-order valence-corrected chi connectivity index (χ3v) is 4.14. The Bertz CT molecular complexity index is 1110. The zero-order valence-electron chi connectivity index (χ0n) is 14.7. The Balaban J connectivity index is 1.51. The molecule has 0 fully saturated rings. The second-order valence-corrected chi connectivity index (χ2v) is 6.02. The van der Waals surface area contributed by atoms with Crippen molar-refractivity contribution in [2.45, 2.75) is 13.5 Å². The van der Waals surface area contributed by atoms with E-state index in [0.29, 0.717) is 35.9 Å². The molecule has 0 aliphatic rings. The van der Waals surface area contributed by atoms with Crippen LogP contribution in [0, 0.1) is 6.92 Å². The number of fused-ring (bicyclic) bond motifs is 1. The standard InChI is InChI=1S/C22H17NO4/c1-15-20(23-22(26-15)16-6-3-2-4-7-16)14-25-18-10-9-17-12-19(8-5-11-24)27-21(17)13-18/h2-13H,14H2,1H3. The highest BCUT2D eigenvalue weighted by Crippen LogP contribution is 2.26. The van der Waals surface area contributed by atoms with Gasteiger partial charge in [-0.1, -0.05) is 18.2 Å². The number of rotatable bonds is 6. The Morgan fingerprint density at radius 3 is 2.74 bits per heavy atom. The van der Waals surface area contributed by atoms with E-state index >= 15 is 0 Å². The Labute approximate surface area is 155 Å². The van der Waals surface area contributed by atoms with Crippen LogP contribution in [0.15, 0.2) is 69.5 Å². The molecule has 4 aromatic rings. The summed E-state index contributed by atoms with van der Waals surface area (Å²) in [5.74, 6) is 2.61. The molecule has 0 saturated heterocycles. The second kappa shape index (κ2) is 7.33. The van der Waals surface area contributed by atoms with Crippen LogP contribution < -0.4 is 4.74 Å². The van der Waals surface area contributed by atoms with Gasteiger partial charge in [0.15, 0.2) is 0 Å². The lowest BCUT2D eigenvalue weighted by molar-refractivity contribution is -0.104. The van der Waals surface area contributed by atoms with Crippen LogP contribution in [-0.4, -0.2) is 11.3 Å². The zero-order valence-corrected chi connectivity index (χ0v) is 14.7. The van der Waals surface area contributed by atoms with E-state index in [1.807, 2.05) is 61.5 Å². The summed E-state index contributed by atoms with van der Waals surface area (Å²) in [4.78, 5) is 15.0. The summed E-state index contributed by atoms with van der Waals surface area (Å²) in [5.41, 5.74) is 2.38. The molecule has 5 heteroatoms. The van der Waals surface area contributed by atoms with Crippen LogP contribution in [-0.2, 0) is 11.4 Å². The Morgan fingerprint density at radius 1 is 1.07 bits per heavy atom. The largest absolute Gasteiger partial charge is 0.487 e. The SMILES string of the molecule is Cc1oc(-c2ccccc2)nc1COc1ccc2cc(C=CC=O)oc2c1. The fourth-order valence-electron chi connectivity index (χ4n) is 2.76. The van der Waals surface area contributed by atoms with Gasteiger partial charge in [0.2, 0.25) is 5.89 Å². The van der Waals surface area contributed by atoms with E-state index in [0.717, 1.165) is 22.4 Å². The van der Waals surface area contributed by atoms with E-state index < -0.39 is 0 Å². The molecule has 2 aromatic heterocycles. The minimum absolute atomic E-state index is 0.298. The summed E-state index contributed by atoms with van der Waals surface area (Å²) in [6.45, 7) is 2.17. The van der Waals surface area contributed by atoms with Gasteiger partial charge in [0.05, 0.1) is 0 Å². The third kappa shape index (κ3) is 3.67. The monoisotopic (exact) mass is 359 g/mol. The molecule has 27 heavy (non-hydrogen) atoms. The maximum absolute atomic E-state index is 10.4. The molecule has 0 amide bonds. The molecule has 0 bridgehead atoms. The first-order valence-electron chi connectivity index (χ1n) is 8.53. The number of hydrogen-bond acceptors (Lipinski definition) is 5. The van der Waals surface area contributed by atoms with Crippen LogP contribution >= 0.6 is 0 Å². The molecule has 0 saturated carbocycles. The number of allylic oxidation sites excluding steroid dienone is 1. The van der Waals surface area contributed by atoms with E-state index in [4.69, 9.17) is 13.6 Å². The molecular weight excluding hydrogens is 342 g/mol. The molecule has 0 unspecified atom stereocenters. The predicted molar refractivity (Wildman–Crippen MR) is 102 cm³/mol. The van der Waals surface area contributed by atoms with Crippen molar-refractivity contribution < 1.29 is 18.4 Å². The number of furan rings is 1. The summed E-state index contributed by atoms with van der Waals surface area (Å²) >= 11 is 0. The first-order valence-corrected chi connectivity index (χ1v) is 8.53. The summed E-state index contributed by atoms with van der Waals surface area (Å²) < 4.78 is 17.3. The molecule has 0 radical (unpaired) electrons. The number of ether oxygens (including phenoxy) is 1. The number of carbonyl (C=O) groups is 1. The minimum atomic E-state index is 0.298. The highest BCUT2D eigenvalue weighted by molar-refractivity contribution is 5.82. The molecule has 4 rings (SSSR count). The highest BCUT2D eigenvalue weighted by atomic mass is 16.5. The Hall–Kier alpha value is -3.60. The van der Waals surface area contributed by atoms with Crippen molar-refractivity contribution >= 4 is 23.3 Å². The van der Waals surface area contributed by atoms with Crippen LogP contribution in [0.3, 0.4) is 0 Å². The van der Waals surface area contributed by atoms with Crippen molar-refractivity contribution in [1.29, 1.82) is 0 Å². The molecular formula is C22H17NO4. The lowest BCUT2D eigenvalue weighted by Gasteiger charge is -2.04. The number of aryl methyl sites for hydroxylation is 1. The van der Waals surface area contributed by atoms with Crippen molar-refractivity contribution in [2.75, 3.05) is 0 Å². The summed E-state index contributed by atoms with van der Waals surface area (Å²) in [6.07, 6.45) is 3.73. The number of nitrogens with zero attached hydrogens (tertiary/aromatic N) is 1. The van der Waals surface area contributed by atoms with Gasteiger partial charge < -0.3 is 13.6 Å². The highest BCUT2D eigenvalue weighted by Gasteiger charge is 2.12. The zero-order chi connectivity index (χ0) is 18.6. The maximum atomic E-state index is 10.4. The van der Waals surface area contributed by atoms with Gasteiger partial charge in [0.25, 0.3) is 0 Å². The van der Waals surface area contributed by atoms with Crippen molar-refractivity contribution in [2.24, 2.45) is 0 Å². The second-order valence-electron chi connectivity index (χ2n) is 6.02. The molecule has 2 aromatic carbocycles. The lowest BCUT2D eigenvalue weighted by atomic mass is 10.2. The molecule has 0 atom stereocenters. The summed E-state index contributed by atoms with van der Waals surface area (Å²) in [7, 11) is 0. The maximum Gasteiger partial charge on any atom is 0.226 e. The predicted octanol–water partition coefficient (Wildman–Crippen LogP) is 5.19. The van der Waals surface area contributed by atoms with Gasteiger partial charge >= 0.3 is 0 Å². The van der Waals surface area contributed by atoms with Gasteiger partial charge in [0.1, 0.15) is 41.4 Å². The number of benzene rings is 2. The van der Waals surface area contributed by atoms with Crippen LogP contribution in [0.25, 0.3) is 28.5 Å². The van der Waals surface area contributed by atoms with Gasteiger partial charge in [-0.15, -0.1) is 0 Å². The van der Waals surface area contributed by atoms with Crippen LogP contribution in [0.2, 0.25) is 0 Å². The molecule has 134 valence electrons. The smallest absolute Gasteiger partial charge is 0.226 e. The number of carbonyl (C=O) groups excluding carboxylic acids is 1. The van der Waals surface area contributed by atoms with E-state index in [1.165, 1.54) is 6.08 Å². The average molecular weight is 359 g/mol. The van der Waals surface area contributed by atoms with Crippen molar-refractivity contribution in [3.63, 3.8) is 0 Å². The summed E-state index contributed by atoms with van der Waals surface area (Å²) in [5, 5.41) is 0.942. The molecule has 0 aliphatic carbocycles. The topological polar surface area (TPSA) is 65.5 Å². The molecule has 2 heterocycles. The molecule has 0 aliphatic heterocycles. The summed E-state index contributed by atoms with van der Waals surface area (Å²) in [6, 6.07) is 17.2. The van der Waals surface area contributed by atoms with Gasteiger partial charge in [-0.05, 0) is 49.4 Å². The molecule has 5 nitrogen and oxygen atoms in total. The lowest BCUT2D eigenvalue weighted by Crippen LogP contribution is -1.97. The number of aldehydes is 1. The first-order chi connectivity index (χ1) is 13.2. The van der Waals surface area contributed by atoms with Crippen LogP contribution in [0.5, 0.6) is 5.75 Å². The van der Waals surface area contributed by atoms with E-state index in [1.54, 1.807) is 6.08 Å². The fraction of sp³-hybridized carbons (Fsp3) is 0.0909. The van der Waals surface area contributed by atoms with Gasteiger partial charge in [0, 0.05) is 17.0 Å². The van der Waals surface area contributed by atoms with Crippen LogP contribution in [0.1, 0.15) is 17.2 Å². The number of aromatic nitrogens is 1. The van der Waals surface area contributed by atoms with E-state index in [-0.39, 0.29) is 0 Å². The Kier molecular flexibility index (Phi) is 4.58. The molecule has 0 spiro atoms. The van der Waals surface area contributed by atoms with Crippen LogP contribution in [0.4, 0.5) is 0 Å². The van der Waals surface area contributed by atoms with Crippen molar-refractivity contribution in [3.8, 4) is 17.2 Å². The Morgan fingerprint density at radius 2 is 1.93 bits per heavy atom. The minimum Gasteiger partial charge on any atom is -0.487 e. The van der Waals surface area contributed by atoms with Crippen molar-refractivity contribution in [1.82, 2.24) is 4.98 Å². The quantitative estimate of drug-likeness (QED) is 0.350. The van der Waals surface area contributed by atoms with Gasteiger partial charge in [-0.25, -0.2) is 4.98 Å². The van der Waals surface area contributed by atoms with E-state index in [9.17, 15) is 4.79 Å². The normalized spacial score (nSPS) is 11.3. The number of hydrogen-bond donors (Lipinski definition) is 0. The average Bonchev–Trinajstić information content (AvgIpc) is 3.28. The fourth-order valence-corrected chi connectivity index (χ4v) is 2.76. The molecule has 0 N–H and O–H groups in total. The number of oxazole rings is 1. The van der Waals surface area contributed by atoms with E-state index in [2.05, 4.69) is 4.98 Å². The van der Waals surface area contributed by atoms with Gasteiger partial charge in [-0.3, -0.25) is 4.79 Å². The van der Waals surface area contributed by atoms with Gasteiger partial charge in [-0.2, -0.15) is 0 Å².